The fourth-order valence-electron chi connectivity index (χ4n) is 1.56. The summed E-state index contributed by atoms with van der Waals surface area (Å²) in [6, 6.07) is 12.1. The van der Waals surface area contributed by atoms with Crippen LogP contribution in [-0.4, -0.2) is 18.3 Å². The molecule has 1 aromatic heterocycles. The Hall–Kier alpha value is -1.07. The Kier molecular flexibility index (Phi) is 7.52. The maximum absolute atomic E-state index is 8.67. The Morgan fingerprint density at radius 3 is 2.58 bits per heavy atom. The van der Waals surface area contributed by atoms with E-state index in [1.54, 1.807) is 11.3 Å². The summed E-state index contributed by atoms with van der Waals surface area (Å²) >= 11 is 1.70. The molecule has 2 N–H and O–H groups in total. The van der Waals surface area contributed by atoms with Crippen LogP contribution in [0.15, 0.2) is 41.8 Å². The fraction of sp³-hybridized carbons (Fsp3) is 0.286. The van der Waals surface area contributed by atoms with Crippen LogP contribution in [0.2, 0.25) is 0 Å². The number of hydrogen-bond acceptors (Lipinski definition) is 4. The summed E-state index contributed by atoms with van der Waals surface area (Å²) in [7, 11) is 0. The Labute approximate surface area is 123 Å². The molecule has 0 saturated carbocycles. The van der Waals surface area contributed by atoms with E-state index in [2.05, 4.69) is 16.8 Å². The molecule has 2 rings (SSSR count). The van der Waals surface area contributed by atoms with E-state index in [9.17, 15) is 0 Å². The Balaban J connectivity index is 0.00000180. The van der Waals surface area contributed by atoms with Crippen LogP contribution in [0, 0.1) is 0 Å². The van der Waals surface area contributed by atoms with Gasteiger partial charge in [-0.1, -0.05) is 18.2 Å². The van der Waals surface area contributed by atoms with E-state index in [1.165, 1.54) is 10.4 Å². The molecule has 0 aliphatic heterocycles. The lowest BCUT2D eigenvalue weighted by molar-refractivity contribution is 0.292. The van der Waals surface area contributed by atoms with Crippen molar-refractivity contribution in [3.63, 3.8) is 0 Å². The minimum Gasteiger partial charge on any atom is -0.488 e. The molecule has 2 aromatic rings. The molecule has 19 heavy (non-hydrogen) atoms. The average Bonchev–Trinajstić information content (AvgIpc) is 2.91. The molecule has 0 bridgehead atoms. The SMILES string of the molecule is Cl.OCCNCc1ccc(OCc2cccs2)cc1. The molecule has 104 valence electrons. The third-order valence-corrected chi connectivity index (χ3v) is 3.35. The maximum atomic E-state index is 8.67. The van der Waals surface area contributed by atoms with Crippen molar-refractivity contribution >= 4 is 23.7 Å². The zero-order valence-electron chi connectivity index (χ0n) is 10.5. The predicted molar refractivity (Wildman–Crippen MR) is 81.1 cm³/mol. The van der Waals surface area contributed by atoms with E-state index in [4.69, 9.17) is 9.84 Å². The second-order valence-electron chi connectivity index (χ2n) is 3.91. The number of nitrogens with one attached hydrogen (secondary N) is 1. The molecular weight excluding hydrogens is 282 g/mol. The highest BCUT2D eigenvalue weighted by Crippen LogP contribution is 2.16. The number of hydrogen-bond donors (Lipinski definition) is 2. The van der Waals surface area contributed by atoms with Gasteiger partial charge < -0.3 is 15.2 Å². The number of rotatable bonds is 7. The first-order chi connectivity index (χ1) is 8.88. The van der Waals surface area contributed by atoms with E-state index < -0.39 is 0 Å². The van der Waals surface area contributed by atoms with Crippen molar-refractivity contribution < 1.29 is 9.84 Å². The lowest BCUT2D eigenvalue weighted by atomic mass is 10.2. The summed E-state index contributed by atoms with van der Waals surface area (Å²) < 4.78 is 5.68. The van der Waals surface area contributed by atoms with Gasteiger partial charge in [0.2, 0.25) is 0 Å². The lowest BCUT2D eigenvalue weighted by Gasteiger charge is -2.06. The second-order valence-corrected chi connectivity index (χ2v) is 4.94. The molecule has 1 aromatic carbocycles. The first kappa shape index (κ1) is 16.0. The second kappa shape index (κ2) is 8.93. The Bertz CT molecular complexity index is 445. The molecular formula is C14H18ClNO2S. The maximum Gasteiger partial charge on any atom is 0.122 e. The molecule has 0 aliphatic rings. The molecule has 0 spiro atoms. The smallest absolute Gasteiger partial charge is 0.122 e. The molecule has 1 heterocycles. The molecule has 0 radical (unpaired) electrons. The van der Waals surface area contributed by atoms with Gasteiger partial charge in [0.1, 0.15) is 12.4 Å². The third kappa shape index (κ3) is 5.61. The van der Waals surface area contributed by atoms with Crippen LogP contribution in [0.25, 0.3) is 0 Å². The van der Waals surface area contributed by atoms with Crippen molar-refractivity contribution in [3.05, 3.63) is 52.2 Å². The Morgan fingerprint density at radius 1 is 1.16 bits per heavy atom. The summed E-state index contributed by atoms with van der Waals surface area (Å²) in [6.45, 7) is 2.18. The summed E-state index contributed by atoms with van der Waals surface area (Å²) in [6.07, 6.45) is 0. The predicted octanol–water partition coefficient (Wildman–Crippen LogP) is 2.83. The van der Waals surface area contributed by atoms with Crippen LogP contribution >= 0.6 is 23.7 Å². The molecule has 0 atom stereocenters. The van der Waals surface area contributed by atoms with Crippen LogP contribution in [0.5, 0.6) is 5.75 Å². The first-order valence-corrected chi connectivity index (χ1v) is 6.82. The average molecular weight is 300 g/mol. The fourth-order valence-corrected chi connectivity index (χ4v) is 2.18. The first-order valence-electron chi connectivity index (χ1n) is 5.94. The van der Waals surface area contributed by atoms with Gasteiger partial charge in [-0.3, -0.25) is 0 Å². The van der Waals surface area contributed by atoms with Gasteiger partial charge in [-0.05, 0) is 29.1 Å². The number of aliphatic hydroxyl groups is 1. The molecule has 0 fully saturated rings. The number of ether oxygens (including phenoxy) is 1. The van der Waals surface area contributed by atoms with Crippen LogP contribution < -0.4 is 10.1 Å². The molecule has 0 saturated heterocycles. The number of benzene rings is 1. The van der Waals surface area contributed by atoms with E-state index in [0.29, 0.717) is 13.2 Å². The van der Waals surface area contributed by atoms with Crippen LogP contribution in [0.4, 0.5) is 0 Å². The minimum absolute atomic E-state index is 0. The van der Waals surface area contributed by atoms with Crippen molar-refractivity contribution in [2.24, 2.45) is 0 Å². The highest BCUT2D eigenvalue weighted by molar-refractivity contribution is 7.09. The van der Waals surface area contributed by atoms with Gasteiger partial charge >= 0.3 is 0 Å². The van der Waals surface area contributed by atoms with Crippen molar-refractivity contribution in [1.29, 1.82) is 0 Å². The third-order valence-electron chi connectivity index (χ3n) is 2.50. The van der Waals surface area contributed by atoms with Gasteiger partial charge in [0.05, 0.1) is 6.61 Å². The zero-order valence-corrected chi connectivity index (χ0v) is 12.2. The van der Waals surface area contributed by atoms with Crippen LogP contribution in [0.1, 0.15) is 10.4 Å². The van der Waals surface area contributed by atoms with Gasteiger partial charge in [0.15, 0.2) is 0 Å². The lowest BCUT2D eigenvalue weighted by Crippen LogP contribution is -2.17. The molecule has 0 aliphatic carbocycles. The summed E-state index contributed by atoms with van der Waals surface area (Å²) in [4.78, 5) is 1.23. The van der Waals surface area contributed by atoms with Gasteiger partial charge in [-0.25, -0.2) is 0 Å². The molecule has 3 nitrogen and oxygen atoms in total. The van der Waals surface area contributed by atoms with Gasteiger partial charge in [0.25, 0.3) is 0 Å². The quantitative estimate of drug-likeness (QED) is 0.773. The van der Waals surface area contributed by atoms with Crippen LogP contribution in [-0.2, 0) is 13.2 Å². The molecule has 0 amide bonds. The monoisotopic (exact) mass is 299 g/mol. The van der Waals surface area contributed by atoms with E-state index in [0.717, 1.165) is 12.3 Å². The minimum atomic E-state index is 0. The summed E-state index contributed by atoms with van der Waals surface area (Å²) in [5.74, 6) is 0.884. The summed E-state index contributed by atoms with van der Waals surface area (Å²) in [5, 5.41) is 13.9. The van der Waals surface area contributed by atoms with E-state index in [-0.39, 0.29) is 19.0 Å². The largest absolute Gasteiger partial charge is 0.488 e. The van der Waals surface area contributed by atoms with Crippen molar-refractivity contribution in [3.8, 4) is 5.75 Å². The standard InChI is InChI=1S/C14H17NO2S.ClH/c16-8-7-15-10-12-3-5-13(6-4-12)17-11-14-2-1-9-18-14;/h1-6,9,15-16H,7-8,10-11H2;1H. The van der Waals surface area contributed by atoms with Crippen molar-refractivity contribution in [1.82, 2.24) is 5.32 Å². The zero-order chi connectivity index (χ0) is 12.6. The topological polar surface area (TPSA) is 41.5 Å². The highest BCUT2D eigenvalue weighted by Gasteiger charge is 1.97. The number of halogens is 1. The number of thiophene rings is 1. The van der Waals surface area contributed by atoms with Crippen molar-refractivity contribution in [2.45, 2.75) is 13.2 Å². The Morgan fingerprint density at radius 2 is 1.95 bits per heavy atom. The normalized spacial score (nSPS) is 9.95. The van der Waals surface area contributed by atoms with E-state index >= 15 is 0 Å². The molecule has 5 heteroatoms. The van der Waals surface area contributed by atoms with Gasteiger partial charge in [0, 0.05) is 18.0 Å². The highest BCUT2D eigenvalue weighted by atomic mass is 35.5. The van der Waals surface area contributed by atoms with Gasteiger partial charge in [-0.15, -0.1) is 23.7 Å². The van der Waals surface area contributed by atoms with E-state index in [1.807, 2.05) is 30.3 Å². The summed E-state index contributed by atoms with van der Waals surface area (Å²) in [5.41, 5.74) is 1.19. The van der Waals surface area contributed by atoms with Crippen molar-refractivity contribution in [2.75, 3.05) is 13.2 Å². The number of aliphatic hydroxyl groups excluding tert-OH is 1. The molecule has 0 unspecified atom stereocenters. The van der Waals surface area contributed by atoms with Gasteiger partial charge in [-0.2, -0.15) is 0 Å². The van der Waals surface area contributed by atoms with Crippen LogP contribution in [0.3, 0.4) is 0 Å².